The van der Waals surface area contributed by atoms with Gasteiger partial charge in [0.1, 0.15) is 17.4 Å². The van der Waals surface area contributed by atoms with Gasteiger partial charge in [-0.15, -0.1) is 11.3 Å². The van der Waals surface area contributed by atoms with Crippen LogP contribution in [0.1, 0.15) is 10.4 Å². The second-order valence-corrected chi connectivity index (χ2v) is 7.15. The van der Waals surface area contributed by atoms with Gasteiger partial charge in [-0.05, 0) is 42.5 Å². The van der Waals surface area contributed by atoms with Crippen LogP contribution in [0.5, 0.6) is 5.75 Å². The van der Waals surface area contributed by atoms with Gasteiger partial charge in [0.2, 0.25) is 0 Å². The van der Waals surface area contributed by atoms with E-state index in [4.69, 9.17) is 9.72 Å². The Bertz CT molecular complexity index is 1100. The normalized spacial score (nSPS) is 10.6. The number of nitrogens with one attached hydrogen (secondary N) is 1. The number of amides is 1. The second kappa shape index (κ2) is 8.06. The smallest absolute Gasteiger partial charge is 0.255 e. The van der Waals surface area contributed by atoms with Crippen LogP contribution < -0.4 is 10.1 Å². The molecule has 0 atom stereocenters. The van der Waals surface area contributed by atoms with E-state index in [9.17, 15) is 4.79 Å². The molecule has 0 bridgehead atoms. The van der Waals surface area contributed by atoms with E-state index < -0.39 is 0 Å². The maximum atomic E-state index is 12.5. The molecular formula is C23H18N2O2S. The van der Waals surface area contributed by atoms with E-state index in [1.165, 1.54) is 0 Å². The first kappa shape index (κ1) is 17.9. The highest BCUT2D eigenvalue weighted by Gasteiger charge is 2.14. The maximum absolute atomic E-state index is 12.5. The van der Waals surface area contributed by atoms with E-state index in [1.807, 2.05) is 60.7 Å². The van der Waals surface area contributed by atoms with E-state index >= 15 is 0 Å². The average molecular weight is 386 g/mol. The Morgan fingerprint density at radius 3 is 2.64 bits per heavy atom. The summed E-state index contributed by atoms with van der Waals surface area (Å²) in [5.74, 6) is 0.548. The van der Waals surface area contributed by atoms with E-state index in [0.29, 0.717) is 23.6 Å². The Kier molecular flexibility index (Phi) is 5.17. The van der Waals surface area contributed by atoms with Crippen molar-refractivity contribution in [1.29, 1.82) is 0 Å². The van der Waals surface area contributed by atoms with Crippen molar-refractivity contribution in [3.63, 3.8) is 0 Å². The molecule has 1 N–H and O–H groups in total. The van der Waals surface area contributed by atoms with Gasteiger partial charge in [-0.1, -0.05) is 43.0 Å². The zero-order valence-corrected chi connectivity index (χ0v) is 15.9. The Labute approximate surface area is 167 Å². The van der Waals surface area contributed by atoms with Crippen molar-refractivity contribution in [3.8, 4) is 16.3 Å². The first-order valence-corrected chi connectivity index (χ1v) is 9.66. The highest BCUT2D eigenvalue weighted by atomic mass is 32.1. The second-order valence-electron chi connectivity index (χ2n) is 6.12. The molecule has 4 rings (SSSR count). The SMILES string of the molecule is C=CCOc1ccc(NC(=O)c2ccccc2)cc1-c1nc2ccccc2s1. The summed E-state index contributed by atoms with van der Waals surface area (Å²) in [5.41, 5.74) is 3.08. The summed E-state index contributed by atoms with van der Waals surface area (Å²) in [7, 11) is 0. The molecule has 1 aromatic heterocycles. The number of carbonyl (C=O) groups is 1. The van der Waals surface area contributed by atoms with E-state index in [1.54, 1.807) is 29.5 Å². The Morgan fingerprint density at radius 2 is 1.86 bits per heavy atom. The number of para-hydroxylation sites is 1. The fraction of sp³-hybridized carbons (Fsp3) is 0.0435. The van der Waals surface area contributed by atoms with Crippen molar-refractivity contribution in [3.05, 3.63) is 91.0 Å². The summed E-state index contributed by atoms with van der Waals surface area (Å²) in [5, 5.41) is 3.79. The molecule has 0 saturated heterocycles. The van der Waals surface area contributed by atoms with Crippen LogP contribution >= 0.6 is 11.3 Å². The van der Waals surface area contributed by atoms with Crippen LogP contribution in [-0.2, 0) is 0 Å². The third kappa shape index (κ3) is 3.80. The van der Waals surface area contributed by atoms with Crippen molar-refractivity contribution in [2.75, 3.05) is 11.9 Å². The van der Waals surface area contributed by atoms with Gasteiger partial charge >= 0.3 is 0 Å². The molecule has 4 aromatic rings. The first-order valence-electron chi connectivity index (χ1n) is 8.84. The summed E-state index contributed by atoms with van der Waals surface area (Å²) in [4.78, 5) is 17.2. The van der Waals surface area contributed by atoms with Crippen LogP contribution in [0, 0.1) is 0 Å². The molecule has 0 aliphatic carbocycles. The van der Waals surface area contributed by atoms with Crippen LogP contribution in [0.4, 0.5) is 5.69 Å². The maximum Gasteiger partial charge on any atom is 0.255 e. The molecule has 3 aromatic carbocycles. The van der Waals surface area contributed by atoms with Crippen LogP contribution in [0.25, 0.3) is 20.8 Å². The summed E-state index contributed by atoms with van der Waals surface area (Å²) in [6, 6.07) is 22.7. The zero-order chi connectivity index (χ0) is 19.3. The lowest BCUT2D eigenvalue weighted by Gasteiger charge is -2.11. The minimum atomic E-state index is -0.157. The predicted molar refractivity (Wildman–Crippen MR) is 115 cm³/mol. The standard InChI is InChI=1S/C23H18N2O2S/c1-2-14-27-20-13-12-17(24-22(26)16-8-4-3-5-9-16)15-18(20)23-25-19-10-6-7-11-21(19)28-23/h2-13,15H,1,14H2,(H,24,26). The van der Waals surface area contributed by atoms with Crippen molar-refractivity contribution in [1.82, 2.24) is 4.98 Å². The van der Waals surface area contributed by atoms with Gasteiger partial charge in [0, 0.05) is 11.3 Å². The van der Waals surface area contributed by atoms with Gasteiger partial charge < -0.3 is 10.1 Å². The number of rotatable bonds is 6. The molecule has 0 unspecified atom stereocenters. The molecule has 138 valence electrons. The quantitative estimate of drug-likeness (QED) is 0.427. The fourth-order valence-electron chi connectivity index (χ4n) is 2.83. The van der Waals surface area contributed by atoms with Gasteiger partial charge in [-0.3, -0.25) is 4.79 Å². The number of carbonyl (C=O) groups excluding carboxylic acids is 1. The topological polar surface area (TPSA) is 51.2 Å². The molecule has 0 aliphatic heterocycles. The molecule has 0 spiro atoms. The third-order valence-electron chi connectivity index (χ3n) is 4.15. The molecule has 0 aliphatic rings. The van der Waals surface area contributed by atoms with Gasteiger partial charge in [0.05, 0.1) is 15.8 Å². The van der Waals surface area contributed by atoms with E-state index in [0.717, 1.165) is 20.8 Å². The predicted octanol–water partition coefficient (Wildman–Crippen LogP) is 5.78. The van der Waals surface area contributed by atoms with Gasteiger partial charge in [-0.2, -0.15) is 0 Å². The zero-order valence-electron chi connectivity index (χ0n) is 15.1. The monoisotopic (exact) mass is 386 g/mol. The van der Waals surface area contributed by atoms with E-state index in [-0.39, 0.29) is 5.91 Å². The van der Waals surface area contributed by atoms with Crippen LogP contribution in [0.2, 0.25) is 0 Å². The number of hydrogen-bond acceptors (Lipinski definition) is 4. The molecular weight excluding hydrogens is 368 g/mol. The molecule has 4 nitrogen and oxygen atoms in total. The molecule has 0 radical (unpaired) electrons. The van der Waals surface area contributed by atoms with Crippen molar-refractivity contribution >= 4 is 33.1 Å². The lowest BCUT2D eigenvalue weighted by Crippen LogP contribution is -2.11. The van der Waals surface area contributed by atoms with Crippen molar-refractivity contribution in [2.24, 2.45) is 0 Å². The summed E-state index contributed by atoms with van der Waals surface area (Å²) >= 11 is 1.59. The highest BCUT2D eigenvalue weighted by molar-refractivity contribution is 7.21. The average Bonchev–Trinajstić information content (AvgIpc) is 3.17. The van der Waals surface area contributed by atoms with Crippen molar-refractivity contribution in [2.45, 2.75) is 0 Å². The number of fused-ring (bicyclic) bond motifs is 1. The summed E-state index contributed by atoms with van der Waals surface area (Å²) in [6.45, 7) is 4.10. The number of nitrogens with zero attached hydrogens (tertiary/aromatic N) is 1. The molecule has 0 fully saturated rings. The number of thiazole rings is 1. The number of benzene rings is 3. The first-order chi connectivity index (χ1) is 13.7. The Morgan fingerprint density at radius 1 is 1.07 bits per heavy atom. The Balaban J connectivity index is 1.71. The lowest BCUT2D eigenvalue weighted by molar-refractivity contribution is 0.102. The summed E-state index contributed by atoms with van der Waals surface area (Å²) < 4.78 is 6.92. The molecule has 0 saturated carbocycles. The van der Waals surface area contributed by atoms with Gasteiger partial charge in [-0.25, -0.2) is 4.98 Å². The van der Waals surface area contributed by atoms with Crippen LogP contribution in [0.15, 0.2) is 85.5 Å². The van der Waals surface area contributed by atoms with Crippen LogP contribution in [0.3, 0.4) is 0 Å². The number of anilines is 1. The largest absolute Gasteiger partial charge is 0.489 e. The third-order valence-corrected chi connectivity index (χ3v) is 5.22. The number of hydrogen-bond donors (Lipinski definition) is 1. The fourth-order valence-corrected chi connectivity index (χ4v) is 3.82. The lowest BCUT2D eigenvalue weighted by atomic mass is 10.1. The molecule has 28 heavy (non-hydrogen) atoms. The minimum absolute atomic E-state index is 0.157. The van der Waals surface area contributed by atoms with Crippen molar-refractivity contribution < 1.29 is 9.53 Å². The Hall–Kier alpha value is -3.44. The van der Waals surface area contributed by atoms with Gasteiger partial charge in [0.15, 0.2) is 0 Å². The minimum Gasteiger partial charge on any atom is -0.489 e. The van der Waals surface area contributed by atoms with Gasteiger partial charge in [0.25, 0.3) is 5.91 Å². The highest BCUT2D eigenvalue weighted by Crippen LogP contribution is 2.37. The summed E-state index contributed by atoms with van der Waals surface area (Å²) in [6.07, 6.45) is 1.70. The molecule has 1 amide bonds. The number of aromatic nitrogens is 1. The van der Waals surface area contributed by atoms with Crippen LogP contribution in [-0.4, -0.2) is 17.5 Å². The molecule has 1 heterocycles. The van der Waals surface area contributed by atoms with E-state index in [2.05, 4.69) is 11.9 Å². The molecule has 5 heteroatoms. The number of ether oxygens (including phenoxy) is 1.